The molecule has 1 aromatic rings. The Hall–Kier alpha value is -1.63. The summed E-state index contributed by atoms with van der Waals surface area (Å²) in [5.41, 5.74) is 3.80. The molecule has 1 atom stereocenters. The summed E-state index contributed by atoms with van der Waals surface area (Å²) in [4.78, 5) is 4.53. The molecule has 0 N–H and O–H groups in total. The number of aryl methyl sites for hydroxylation is 1. The van der Waals surface area contributed by atoms with E-state index in [1.807, 2.05) is 12.3 Å². The molecule has 0 aromatic carbocycles. The van der Waals surface area contributed by atoms with E-state index in [9.17, 15) is 0 Å². The number of allylic oxidation sites excluding steroid dienone is 6. The van der Waals surface area contributed by atoms with Gasteiger partial charge in [0.2, 0.25) is 0 Å². The van der Waals surface area contributed by atoms with Crippen molar-refractivity contribution in [2.24, 2.45) is 5.92 Å². The van der Waals surface area contributed by atoms with Gasteiger partial charge in [0.05, 0.1) is 5.69 Å². The van der Waals surface area contributed by atoms with E-state index in [0.29, 0.717) is 5.92 Å². The lowest BCUT2D eigenvalue weighted by molar-refractivity contribution is 0.685. The first-order chi connectivity index (χ1) is 8.33. The molecule has 17 heavy (non-hydrogen) atoms. The van der Waals surface area contributed by atoms with Gasteiger partial charge in [0, 0.05) is 6.20 Å². The molecule has 2 rings (SSSR count). The van der Waals surface area contributed by atoms with Crippen LogP contribution < -0.4 is 0 Å². The summed E-state index contributed by atoms with van der Waals surface area (Å²) in [5, 5.41) is 0. The molecule has 0 fully saturated rings. The topological polar surface area (TPSA) is 12.9 Å². The highest BCUT2D eigenvalue weighted by Gasteiger charge is 2.17. The van der Waals surface area contributed by atoms with Gasteiger partial charge >= 0.3 is 0 Å². The fourth-order valence-corrected chi connectivity index (χ4v) is 2.26. The van der Waals surface area contributed by atoms with Crippen LogP contribution in [0.1, 0.15) is 31.0 Å². The second-order valence-corrected chi connectivity index (χ2v) is 4.46. The third-order valence-electron chi connectivity index (χ3n) is 3.21. The molecule has 0 aliphatic heterocycles. The monoisotopic (exact) mass is 225 g/mol. The molecule has 0 bridgehead atoms. The van der Waals surface area contributed by atoms with Gasteiger partial charge in [-0.25, -0.2) is 0 Å². The Morgan fingerprint density at radius 2 is 2.35 bits per heavy atom. The normalized spacial score (nSPS) is 19.6. The van der Waals surface area contributed by atoms with Crippen LogP contribution in [0.3, 0.4) is 0 Å². The zero-order chi connectivity index (χ0) is 12.1. The maximum absolute atomic E-state index is 4.53. The van der Waals surface area contributed by atoms with E-state index in [1.165, 1.54) is 11.1 Å². The standard InChI is InChI=1S/C16H19N/c1-3-4-9-14-10-5-6-11-15(14)16-13(2)8-7-12-17-16/h3-8,11-12,14H,9-10H2,1-2H3. The first kappa shape index (κ1) is 11.8. The number of nitrogens with zero attached hydrogens (tertiary/aromatic N) is 1. The summed E-state index contributed by atoms with van der Waals surface area (Å²) in [6.45, 7) is 4.21. The fraction of sp³-hybridized carbons (Fsp3) is 0.312. The molecule has 0 amide bonds. The maximum Gasteiger partial charge on any atom is 0.0693 e. The largest absolute Gasteiger partial charge is 0.256 e. The van der Waals surface area contributed by atoms with Crippen molar-refractivity contribution in [3.8, 4) is 0 Å². The highest BCUT2D eigenvalue weighted by atomic mass is 14.7. The summed E-state index contributed by atoms with van der Waals surface area (Å²) in [7, 11) is 0. The quantitative estimate of drug-likeness (QED) is 0.698. The van der Waals surface area contributed by atoms with E-state index in [2.05, 4.69) is 55.3 Å². The van der Waals surface area contributed by atoms with Gasteiger partial charge in [0.1, 0.15) is 0 Å². The summed E-state index contributed by atoms with van der Waals surface area (Å²) in [5.74, 6) is 0.574. The molecule has 1 aliphatic carbocycles. The van der Waals surface area contributed by atoms with Crippen LogP contribution in [0.4, 0.5) is 0 Å². The van der Waals surface area contributed by atoms with Gasteiger partial charge in [0.15, 0.2) is 0 Å². The molecule has 0 radical (unpaired) electrons. The summed E-state index contributed by atoms with van der Waals surface area (Å²) < 4.78 is 0. The molecule has 1 heterocycles. The zero-order valence-electron chi connectivity index (χ0n) is 10.6. The third kappa shape index (κ3) is 2.73. The number of pyridine rings is 1. The summed E-state index contributed by atoms with van der Waals surface area (Å²) >= 11 is 0. The van der Waals surface area contributed by atoms with Crippen molar-refractivity contribution < 1.29 is 0 Å². The third-order valence-corrected chi connectivity index (χ3v) is 3.21. The van der Waals surface area contributed by atoms with Gasteiger partial charge in [-0.3, -0.25) is 4.98 Å². The van der Waals surface area contributed by atoms with Gasteiger partial charge in [-0.1, -0.05) is 36.4 Å². The van der Waals surface area contributed by atoms with Crippen LogP contribution >= 0.6 is 0 Å². The zero-order valence-corrected chi connectivity index (χ0v) is 10.6. The van der Waals surface area contributed by atoms with Gasteiger partial charge in [-0.15, -0.1) is 0 Å². The van der Waals surface area contributed by atoms with Crippen LogP contribution in [0.25, 0.3) is 5.57 Å². The predicted molar refractivity (Wildman–Crippen MR) is 73.6 cm³/mol. The molecule has 88 valence electrons. The Kier molecular flexibility index (Phi) is 3.92. The second-order valence-electron chi connectivity index (χ2n) is 4.46. The van der Waals surface area contributed by atoms with Crippen LogP contribution in [0.15, 0.2) is 48.7 Å². The lowest BCUT2D eigenvalue weighted by Crippen LogP contribution is -2.07. The molecule has 1 aromatic heterocycles. The van der Waals surface area contributed by atoms with Crippen molar-refractivity contribution in [3.05, 3.63) is 60.0 Å². The lowest BCUT2D eigenvalue weighted by atomic mass is 9.85. The van der Waals surface area contributed by atoms with Gasteiger partial charge in [-0.2, -0.15) is 0 Å². The minimum absolute atomic E-state index is 0.574. The maximum atomic E-state index is 4.53. The molecule has 1 unspecified atom stereocenters. The predicted octanol–water partition coefficient (Wildman–Crippen LogP) is 4.32. The van der Waals surface area contributed by atoms with Crippen molar-refractivity contribution in [2.75, 3.05) is 0 Å². The number of rotatable bonds is 3. The van der Waals surface area contributed by atoms with E-state index in [0.717, 1.165) is 18.5 Å². The molecular weight excluding hydrogens is 206 g/mol. The number of hydrogen-bond acceptors (Lipinski definition) is 1. The average molecular weight is 225 g/mol. The Morgan fingerprint density at radius 1 is 1.47 bits per heavy atom. The minimum atomic E-state index is 0.574. The molecule has 0 saturated carbocycles. The van der Waals surface area contributed by atoms with E-state index in [-0.39, 0.29) is 0 Å². The van der Waals surface area contributed by atoms with Crippen LogP contribution in [-0.2, 0) is 0 Å². The van der Waals surface area contributed by atoms with E-state index in [1.54, 1.807) is 0 Å². The van der Waals surface area contributed by atoms with Crippen molar-refractivity contribution in [1.82, 2.24) is 4.98 Å². The Balaban J connectivity index is 2.31. The second kappa shape index (κ2) is 5.62. The SMILES string of the molecule is CC=CCC1CC=CC=C1c1ncccc1C. The van der Waals surface area contributed by atoms with Crippen molar-refractivity contribution in [1.29, 1.82) is 0 Å². The highest BCUT2D eigenvalue weighted by Crippen LogP contribution is 2.32. The molecule has 0 spiro atoms. The van der Waals surface area contributed by atoms with Crippen molar-refractivity contribution in [2.45, 2.75) is 26.7 Å². The van der Waals surface area contributed by atoms with E-state index in [4.69, 9.17) is 0 Å². The van der Waals surface area contributed by atoms with Gasteiger partial charge in [0.25, 0.3) is 0 Å². The van der Waals surface area contributed by atoms with Crippen LogP contribution in [0.2, 0.25) is 0 Å². The van der Waals surface area contributed by atoms with Crippen molar-refractivity contribution in [3.63, 3.8) is 0 Å². The molecular formula is C16H19N. The fourth-order valence-electron chi connectivity index (χ4n) is 2.26. The molecule has 0 saturated heterocycles. The Bertz CT molecular complexity index is 466. The van der Waals surface area contributed by atoms with E-state index < -0.39 is 0 Å². The van der Waals surface area contributed by atoms with Crippen LogP contribution in [0.5, 0.6) is 0 Å². The summed E-state index contributed by atoms with van der Waals surface area (Å²) in [6, 6.07) is 4.13. The first-order valence-corrected chi connectivity index (χ1v) is 6.22. The smallest absolute Gasteiger partial charge is 0.0693 e. The number of aromatic nitrogens is 1. The lowest BCUT2D eigenvalue weighted by Gasteiger charge is -2.21. The average Bonchev–Trinajstić information content (AvgIpc) is 2.37. The highest BCUT2D eigenvalue weighted by molar-refractivity contribution is 5.69. The van der Waals surface area contributed by atoms with Gasteiger partial charge < -0.3 is 0 Å². The first-order valence-electron chi connectivity index (χ1n) is 6.22. The molecule has 1 heteroatoms. The van der Waals surface area contributed by atoms with Crippen molar-refractivity contribution >= 4 is 5.57 Å². The molecule has 1 nitrogen and oxygen atoms in total. The Labute approximate surface area is 104 Å². The van der Waals surface area contributed by atoms with Gasteiger partial charge in [-0.05, 0) is 49.8 Å². The van der Waals surface area contributed by atoms with Crippen LogP contribution in [-0.4, -0.2) is 4.98 Å². The van der Waals surface area contributed by atoms with Crippen LogP contribution in [0, 0.1) is 12.8 Å². The number of hydrogen-bond donors (Lipinski definition) is 0. The minimum Gasteiger partial charge on any atom is -0.256 e. The van der Waals surface area contributed by atoms with E-state index >= 15 is 0 Å². The Morgan fingerprint density at radius 3 is 3.12 bits per heavy atom. The summed E-state index contributed by atoms with van der Waals surface area (Å²) in [6.07, 6.45) is 15.1. The molecule has 1 aliphatic rings.